The van der Waals surface area contributed by atoms with Crippen LogP contribution in [0.25, 0.3) is 0 Å². The van der Waals surface area contributed by atoms with Gasteiger partial charge in [-0.2, -0.15) is 0 Å². The van der Waals surface area contributed by atoms with Crippen LogP contribution in [-0.4, -0.2) is 0 Å². The zero-order valence-electron chi connectivity index (χ0n) is 11.9. The molecule has 0 radical (unpaired) electrons. The van der Waals surface area contributed by atoms with Gasteiger partial charge >= 0.3 is 0 Å². The zero-order valence-corrected chi connectivity index (χ0v) is 11.9. The van der Waals surface area contributed by atoms with Gasteiger partial charge in [0, 0.05) is 0 Å². The van der Waals surface area contributed by atoms with E-state index >= 15 is 0 Å². The van der Waals surface area contributed by atoms with E-state index in [9.17, 15) is 0 Å². The van der Waals surface area contributed by atoms with E-state index in [-0.39, 0.29) is 0 Å². The molecule has 0 heterocycles. The summed E-state index contributed by atoms with van der Waals surface area (Å²) < 4.78 is 0. The normalized spacial score (nSPS) is 21.4. The van der Waals surface area contributed by atoms with Gasteiger partial charge in [-0.1, -0.05) is 104 Å². The predicted octanol–water partition coefficient (Wildman–Crippen LogP) is 6.49. The summed E-state index contributed by atoms with van der Waals surface area (Å²) in [6.45, 7) is 4.00. The van der Waals surface area contributed by atoms with Crippen LogP contribution in [-0.2, 0) is 0 Å². The lowest BCUT2D eigenvalue weighted by Gasteiger charge is -2.05. The Kier molecular flexibility index (Phi) is 15.0. The first-order valence-corrected chi connectivity index (χ1v) is 8.00. The molecule has 98 valence electrons. The molecule has 0 atom stereocenters. The van der Waals surface area contributed by atoms with Crippen LogP contribution in [0, 0.1) is 0 Å². The third-order valence-corrected chi connectivity index (χ3v) is 3.50. The average molecular weight is 226 g/mol. The summed E-state index contributed by atoms with van der Waals surface area (Å²) in [6, 6.07) is 0. The van der Waals surface area contributed by atoms with Crippen LogP contribution >= 0.6 is 0 Å². The Balaban J connectivity index is 0.000000251. The highest BCUT2D eigenvalue weighted by Crippen LogP contribution is 2.16. The Bertz CT molecular complexity index is 67.1. The average Bonchev–Trinajstić information content (AvgIpc) is 2.34. The van der Waals surface area contributed by atoms with Crippen LogP contribution in [0.2, 0.25) is 0 Å². The molecule has 0 aliphatic heterocycles. The lowest BCUT2D eigenvalue weighted by molar-refractivity contribution is 0.504. The molecule has 2 aliphatic carbocycles. The van der Waals surface area contributed by atoms with Gasteiger partial charge in [0.2, 0.25) is 0 Å². The van der Waals surface area contributed by atoms with E-state index in [4.69, 9.17) is 0 Å². The van der Waals surface area contributed by atoms with Gasteiger partial charge in [0.1, 0.15) is 0 Å². The Morgan fingerprint density at radius 3 is 0.375 bits per heavy atom. The van der Waals surface area contributed by atoms with Crippen molar-refractivity contribution in [3.05, 3.63) is 0 Å². The standard InChI is InChI=1S/C8H16.C6H12.C2H6/c1-2-4-6-8-7-5-3-1;1-2-4-6-5-3-1;1-2/h1-8H2;1-6H2;1-2H3. The van der Waals surface area contributed by atoms with Crippen LogP contribution in [0.3, 0.4) is 0 Å². The molecule has 0 nitrogen and oxygen atoms in total. The van der Waals surface area contributed by atoms with E-state index < -0.39 is 0 Å². The molecule has 0 bridgehead atoms. The number of hydrogen-bond donors (Lipinski definition) is 0. The molecule has 2 saturated carbocycles. The maximum Gasteiger partial charge on any atom is -0.0533 e. The second-order valence-corrected chi connectivity index (χ2v) is 4.95. The van der Waals surface area contributed by atoms with Crippen molar-refractivity contribution in [2.75, 3.05) is 0 Å². The van der Waals surface area contributed by atoms with Crippen LogP contribution in [0.5, 0.6) is 0 Å². The van der Waals surface area contributed by atoms with Crippen molar-refractivity contribution in [2.24, 2.45) is 0 Å². The van der Waals surface area contributed by atoms with E-state index in [0.29, 0.717) is 0 Å². The van der Waals surface area contributed by atoms with Gasteiger partial charge in [-0.15, -0.1) is 0 Å². The SMILES string of the molecule is C1CCCCC1.C1CCCCCCC1.CC. The second kappa shape index (κ2) is 15.0. The molecule has 0 aromatic rings. The van der Waals surface area contributed by atoms with Crippen molar-refractivity contribution in [2.45, 2.75) is 104 Å². The molecule has 0 saturated heterocycles. The fourth-order valence-electron chi connectivity index (χ4n) is 2.47. The second-order valence-electron chi connectivity index (χ2n) is 4.95. The van der Waals surface area contributed by atoms with Crippen molar-refractivity contribution in [1.29, 1.82) is 0 Å². The van der Waals surface area contributed by atoms with Gasteiger partial charge in [-0.25, -0.2) is 0 Å². The molecular formula is C16H34. The van der Waals surface area contributed by atoms with E-state index in [2.05, 4.69) is 0 Å². The highest BCUT2D eigenvalue weighted by atomic mass is 14.0. The molecule has 0 N–H and O–H groups in total. The third-order valence-electron chi connectivity index (χ3n) is 3.50. The molecule has 0 aromatic heterocycles. The van der Waals surface area contributed by atoms with Crippen molar-refractivity contribution in [3.8, 4) is 0 Å². The number of hydrogen-bond acceptors (Lipinski definition) is 0. The highest BCUT2D eigenvalue weighted by molar-refractivity contribution is 4.51. The molecule has 2 fully saturated rings. The highest BCUT2D eigenvalue weighted by Gasteiger charge is 1.96. The molecular weight excluding hydrogens is 192 g/mol. The number of rotatable bonds is 0. The summed E-state index contributed by atoms with van der Waals surface area (Å²) in [5.74, 6) is 0. The summed E-state index contributed by atoms with van der Waals surface area (Å²) in [6.07, 6.45) is 21.0. The van der Waals surface area contributed by atoms with E-state index in [1.54, 1.807) is 0 Å². The largest absolute Gasteiger partial charge is 0.0683 e. The summed E-state index contributed by atoms with van der Waals surface area (Å²) >= 11 is 0. The van der Waals surface area contributed by atoms with Crippen LogP contribution in [0.4, 0.5) is 0 Å². The van der Waals surface area contributed by atoms with Gasteiger partial charge in [0.05, 0.1) is 0 Å². The van der Waals surface area contributed by atoms with Crippen molar-refractivity contribution in [1.82, 2.24) is 0 Å². The fraction of sp³-hybridized carbons (Fsp3) is 1.00. The minimum Gasteiger partial charge on any atom is -0.0683 e. The first kappa shape index (κ1) is 16.0. The Hall–Kier alpha value is 0. The molecule has 16 heavy (non-hydrogen) atoms. The summed E-state index contributed by atoms with van der Waals surface area (Å²) in [5.41, 5.74) is 0. The Morgan fingerprint density at radius 2 is 0.312 bits per heavy atom. The maximum atomic E-state index is 2.00. The van der Waals surface area contributed by atoms with E-state index in [1.165, 1.54) is 89.9 Å². The third kappa shape index (κ3) is 12.1. The minimum atomic E-state index is 1.50. The van der Waals surface area contributed by atoms with Crippen molar-refractivity contribution < 1.29 is 0 Å². The molecule has 0 spiro atoms. The minimum absolute atomic E-state index is 1.50. The Labute approximate surface area is 104 Å². The lowest BCUT2D eigenvalue weighted by atomic mass is 10.0. The van der Waals surface area contributed by atoms with Gasteiger partial charge in [-0.3, -0.25) is 0 Å². The van der Waals surface area contributed by atoms with E-state index in [1.807, 2.05) is 13.8 Å². The molecule has 2 rings (SSSR count). The lowest BCUT2D eigenvalue weighted by Crippen LogP contribution is -1.85. The first-order valence-electron chi connectivity index (χ1n) is 8.00. The molecule has 0 heteroatoms. The van der Waals surface area contributed by atoms with Gasteiger partial charge in [-0.05, 0) is 0 Å². The van der Waals surface area contributed by atoms with Crippen molar-refractivity contribution in [3.63, 3.8) is 0 Å². The summed E-state index contributed by atoms with van der Waals surface area (Å²) in [5, 5.41) is 0. The van der Waals surface area contributed by atoms with Crippen molar-refractivity contribution >= 4 is 0 Å². The van der Waals surface area contributed by atoms with Crippen LogP contribution in [0.15, 0.2) is 0 Å². The van der Waals surface area contributed by atoms with E-state index in [0.717, 1.165) is 0 Å². The van der Waals surface area contributed by atoms with Gasteiger partial charge < -0.3 is 0 Å². The monoisotopic (exact) mass is 226 g/mol. The summed E-state index contributed by atoms with van der Waals surface area (Å²) in [7, 11) is 0. The smallest absolute Gasteiger partial charge is 0.0533 e. The first-order chi connectivity index (χ1) is 8.00. The van der Waals surface area contributed by atoms with Gasteiger partial charge in [0.15, 0.2) is 0 Å². The van der Waals surface area contributed by atoms with Crippen LogP contribution in [0.1, 0.15) is 104 Å². The Morgan fingerprint density at radius 1 is 0.250 bits per heavy atom. The molecule has 0 amide bonds. The summed E-state index contributed by atoms with van der Waals surface area (Å²) in [4.78, 5) is 0. The quantitative estimate of drug-likeness (QED) is 0.443. The molecule has 0 aromatic carbocycles. The predicted molar refractivity (Wildman–Crippen MR) is 76.0 cm³/mol. The fourth-order valence-corrected chi connectivity index (χ4v) is 2.47. The molecule has 2 aliphatic rings. The van der Waals surface area contributed by atoms with Crippen LogP contribution < -0.4 is 0 Å². The topological polar surface area (TPSA) is 0 Å². The maximum absolute atomic E-state index is 2.00. The molecule has 0 unspecified atom stereocenters. The zero-order chi connectivity index (χ0) is 11.9. The van der Waals surface area contributed by atoms with Gasteiger partial charge in [0.25, 0.3) is 0 Å².